The Morgan fingerprint density at radius 2 is 1.48 bits per heavy atom. The molecule has 0 atom stereocenters. The van der Waals surface area contributed by atoms with Crippen LogP contribution in [0.25, 0.3) is 16.7 Å². The normalized spacial score (nSPS) is 16.5. The molecular weight excluding hydrogens is 837 g/mol. The monoisotopic (exact) mass is 881 g/mol. The van der Waals surface area contributed by atoms with Gasteiger partial charge in [0.15, 0.2) is 5.54 Å². The highest BCUT2D eigenvalue weighted by molar-refractivity contribution is 7.86. The number of amides is 2. The molecule has 0 aliphatic carbocycles. The van der Waals surface area contributed by atoms with Crippen LogP contribution in [0.5, 0.6) is 11.5 Å². The first kappa shape index (κ1) is 44.2. The standard InChI is InChI=1S/C41H44N4O12S3/c1-9-12-42-38(46)24-10-11-27(30(15-24)39(47)43(6)13-14-58(48,49)50)37-31-16-28-25(22-59(51,52)53)20-40(2,3)44(7)33(28)18-35(31)57-36-19-34-29(17-32(36)37)26(23-60(54,55)56)21-41(4,5)45(34)8/h1,10-11,15-21H,12-14,22-23H2,2-8H3,(H3-,42,46,48,49,50,51,52,53,54,55,56)/p+1. The molecule has 4 N–H and O–H groups in total. The number of carbonyl (C=O) groups excluding carboxylic acids is 2. The minimum Gasteiger partial charge on any atom is -0.456 e. The van der Waals surface area contributed by atoms with Crippen LogP contribution in [0.1, 0.15) is 70.7 Å². The van der Waals surface area contributed by atoms with Gasteiger partial charge in [0.25, 0.3) is 42.2 Å². The molecule has 16 nitrogen and oxygen atoms in total. The molecular formula is C41H45N4O12S3+. The summed E-state index contributed by atoms with van der Waals surface area (Å²) < 4.78 is 111. The molecule has 0 unspecified atom stereocenters. The van der Waals surface area contributed by atoms with Gasteiger partial charge in [0.05, 0.1) is 29.5 Å². The molecule has 3 aliphatic heterocycles. The second kappa shape index (κ2) is 15.3. The predicted octanol–water partition coefficient (Wildman–Crippen LogP) is 2.05. The van der Waals surface area contributed by atoms with Gasteiger partial charge in [-0.25, -0.2) is 4.58 Å². The maximum Gasteiger partial charge on any atom is 0.269 e. The van der Waals surface area contributed by atoms with Crippen molar-refractivity contribution >= 4 is 64.6 Å². The van der Waals surface area contributed by atoms with E-state index >= 15 is 0 Å². The second-order valence-corrected chi connectivity index (χ2v) is 20.6. The smallest absolute Gasteiger partial charge is 0.269 e. The number of rotatable bonds is 11. The third-order valence-electron chi connectivity index (χ3n) is 11.0. The second-order valence-electron chi connectivity index (χ2n) is 16.1. The zero-order chi connectivity index (χ0) is 44.5. The number of fused-ring (bicyclic) bond motifs is 4. The van der Waals surface area contributed by atoms with Gasteiger partial charge < -0.3 is 19.9 Å². The highest BCUT2D eigenvalue weighted by Crippen LogP contribution is 2.47. The van der Waals surface area contributed by atoms with E-state index in [1.807, 2.05) is 51.3 Å². The van der Waals surface area contributed by atoms with Crippen LogP contribution in [0, 0.1) is 12.3 Å². The van der Waals surface area contributed by atoms with Crippen LogP contribution in [-0.2, 0) is 30.4 Å². The lowest BCUT2D eigenvalue weighted by Gasteiger charge is -2.41. The van der Waals surface area contributed by atoms with Crippen molar-refractivity contribution in [1.82, 2.24) is 14.8 Å². The van der Waals surface area contributed by atoms with E-state index in [0.29, 0.717) is 38.5 Å². The van der Waals surface area contributed by atoms with Gasteiger partial charge in [-0.3, -0.25) is 23.2 Å². The molecule has 19 heteroatoms. The number of hydrogen-bond acceptors (Lipinski definition) is 10. The van der Waals surface area contributed by atoms with Crippen molar-refractivity contribution in [3.8, 4) is 23.8 Å². The molecule has 0 saturated carbocycles. The van der Waals surface area contributed by atoms with E-state index in [4.69, 9.17) is 11.2 Å². The molecule has 0 spiro atoms. The predicted molar refractivity (Wildman–Crippen MR) is 227 cm³/mol. The van der Waals surface area contributed by atoms with Crippen molar-refractivity contribution in [2.24, 2.45) is 0 Å². The van der Waals surface area contributed by atoms with E-state index in [1.165, 1.54) is 25.2 Å². The van der Waals surface area contributed by atoms with Crippen molar-refractivity contribution in [2.45, 2.75) is 38.8 Å². The first-order valence-electron chi connectivity index (χ1n) is 18.4. The van der Waals surface area contributed by atoms with Crippen molar-refractivity contribution in [3.05, 3.63) is 98.6 Å². The Kier molecular flexibility index (Phi) is 11.3. The zero-order valence-corrected chi connectivity index (χ0v) is 36.3. The summed E-state index contributed by atoms with van der Waals surface area (Å²) in [6.45, 7) is 6.91. The van der Waals surface area contributed by atoms with Crippen molar-refractivity contribution < 1.29 is 53.2 Å². The molecule has 6 rings (SSSR count). The number of ether oxygens (including phenoxy) is 1. The third kappa shape index (κ3) is 8.89. The van der Waals surface area contributed by atoms with Gasteiger partial charge in [0.1, 0.15) is 30.1 Å². The topological polar surface area (TPSA) is 228 Å². The maximum absolute atomic E-state index is 14.5. The number of benzene rings is 3. The number of carbonyl (C=O) groups is 2. The molecule has 318 valence electrons. The van der Waals surface area contributed by atoms with E-state index in [-0.39, 0.29) is 45.9 Å². The van der Waals surface area contributed by atoms with E-state index in [2.05, 4.69) is 11.2 Å². The average Bonchev–Trinajstić information content (AvgIpc) is 3.12. The fourth-order valence-corrected chi connectivity index (χ4v) is 9.42. The van der Waals surface area contributed by atoms with Gasteiger partial charge in [-0.05, 0) is 60.9 Å². The van der Waals surface area contributed by atoms with Crippen LogP contribution < -0.4 is 30.1 Å². The molecule has 3 heterocycles. The number of hydrogen-bond donors (Lipinski definition) is 4. The molecule has 3 aromatic carbocycles. The minimum absolute atomic E-state index is 0.0222. The van der Waals surface area contributed by atoms with Gasteiger partial charge in [-0.1, -0.05) is 18.1 Å². The van der Waals surface area contributed by atoms with Crippen LogP contribution in [-0.4, -0.2) is 118 Å². The number of anilines is 1. The van der Waals surface area contributed by atoms with Crippen LogP contribution in [0.15, 0.2) is 54.6 Å². The van der Waals surface area contributed by atoms with Crippen molar-refractivity contribution in [2.75, 3.05) is 56.4 Å². The summed E-state index contributed by atoms with van der Waals surface area (Å²) in [6, 6.07) is 11.0. The van der Waals surface area contributed by atoms with E-state index in [9.17, 15) is 48.5 Å². The van der Waals surface area contributed by atoms with Gasteiger partial charge in [-0.15, -0.1) is 6.42 Å². The van der Waals surface area contributed by atoms with Gasteiger partial charge >= 0.3 is 0 Å². The summed E-state index contributed by atoms with van der Waals surface area (Å²) in [5.74, 6) is -0.766. The number of terminal acetylenes is 1. The fourth-order valence-electron chi connectivity index (χ4n) is 7.65. The van der Waals surface area contributed by atoms with Crippen LogP contribution in [0.4, 0.5) is 5.69 Å². The number of nitrogens with one attached hydrogen (secondary N) is 1. The fraction of sp³-hybridized carbons (Fsp3) is 0.341. The van der Waals surface area contributed by atoms with Crippen molar-refractivity contribution in [3.63, 3.8) is 0 Å². The van der Waals surface area contributed by atoms with Gasteiger partial charge in [0.2, 0.25) is 5.36 Å². The van der Waals surface area contributed by atoms with Crippen molar-refractivity contribution in [1.29, 1.82) is 0 Å². The quantitative estimate of drug-likeness (QED) is 0.0963. The van der Waals surface area contributed by atoms with Crippen LogP contribution in [0.3, 0.4) is 0 Å². The van der Waals surface area contributed by atoms with E-state index in [1.54, 1.807) is 36.4 Å². The molecule has 0 fully saturated rings. The lowest BCUT2D eigenvalue weighted by Crippen LogP contribution is -2.47. The zero-order valence-electron chi connectivity index (χ0n) is 33.9. The molecule has 0 saturated heterocycles. The molecule has 3 aromatic rings. The molecule has 0 bridgehead atoms. The third-order valence-corrected chi connectivity index (χ3v) is 13.0. The SMILES string of the molecule is C#CCNC(=O)c1ccc(C2=c3cc4c(cc3Oc3cc5c(cc32)C(CS(=O)(=O)O)=CC(C)(C)N5C)=[N+](C)C(C)(C)C=C4CS(=O)(=O)O)c(C(=O)N(C)CCS(=O)(=O)O)c1. The first-order chi connectivity index (χ1) is 27.6. The summed E-state index contributed by atoms with van der Waals surface area (Å²) in [7, 11) is -8.64. The molecule has 3 aliphatic rings. The Morgan fingerprint density at radius 3 is 2.08 bits per heavy atom. The summed E-state index contributed by atoms with van der Waals surface area (Å²) in [4.78, 5) is 30.7. The van der Waals surface area contributed by atoms with Gasteiger partial charge in [0, 0.05) is 79.3 Å². The lowest BCUT2D eigenvalue weighted by molar-refractivity contribution is 0.0802. The largest absolute Gasteiger partial charge is 0.456 e. The summed E-state index contributed by atoms with van der Waals surface area (Å²) in [6.07, 6.45) is 8.80. The maximum atomic E-state index is 14.5. The Morgan fingerprint density at radius 1 is 0.850 bits per heavy atom. The lowest BCUT2D eigenvalue weighted by atomic mass is 9.83. The Labute approximate surface area is 348 Å². The van der Waals surface area contributed by atoms with E-state index in [0.717, 1.165) is 4.90 Å². The highest BCUT2D eigenvalue weighted by atomic mass is 32.2. The summed E-state index contributed by atoms with van der Waals surface area (Å²) in [5.41, 5.74) is 1.24. The molecule has 60 heavy (non-hydrogen) atoms. The summed E-state index contributed by atoms with van der Waals surface area (Å²) >= 11 is 0. The molecule has 2 amide bonds. The van der Waals surface area contributed by atoms with Crippen LogP contribution in [0.2, 0.25) is 0 Å². The Bertz CT molecular complexity index is 2980. The molecule has 0 aromatic heterocycles. The Hall–Kier alpha value is -5.36. The highest BCUT2D eigenvalue weighted by Gasteiger charge is 2.38. The molecule has 0 radical (unpaired) electrons. The van der Waals surface area contributed by atoms with E-state index < -0.39 is 77.0 Å². The first-order valence-corrected chi connectivity index (χ1v) is 23.2. The van der Waals surface area contributed by atoms with Gasteiger partial charge in [-0.2, -0.15) is 25.3 Å². The average molecular weight is 882 g/mol. The minimum atomic E-state index is -4.55. The number of likely N-dealkylation sites (N-methyl/N-ethyl adjacent to an activating group) is 2. The Balaban J connectivity index is 1.77. The number of nitrogens with zero attached hydrogens (tertiary/aromatic N) is 3. The summed E-state index contributed by atoms with van der Waals surface area (Å²) in [5, 5.41) is 3.44. The van der Waals surface area contributed by atoms with Crippen LogP contribution >= 0.6 is 0 Å².